The SMILES string of the molecule is C[N+](C)(C)/N=C(\[O-])Cc1ccccc1. The normalized spacial score (nSPS) is 12.9. The second kappa shape index (κ2) is 4.24. The number of hydrogen-bond donors (Lipinski definition) is 0. The highest BCUT2D eigenvalue weighted by Crippen LogP contribution is 2.00. The fraction of sp³-hybridized carbons (Fsp3) is 0.364. The molecule has 0 heterocycles. The molecule has 0 aromatic heterocycles. The van der Waals surface area contributed by atoms with Crippen LogP contribution in [-0.2, 0) is 6.42 Å². The molecule has 76 valence electrons. The first-order valence-corrected chi connectivity index (χ1v) is 4.59. The van der Waals surface area contributed by atoms with E-state index in [0.717, 1.165) is 5.56 Å². The highest BCUT2D eigenvalue weighted by Gasteiger charge is 2.02. The van der Waals surface area contributed by atoms with Gasteiger partial charge in [0.05, 0.1) is 21.1 Å². The van der Waals surface area contributed by atoms with Gasteiger partial charge in [0.1, 0.15) is 0 Å². The molecule has 0 fully saturated rings. The van der Waals surface area contributed by atoms with E-state index >= 15 is 0 Å². The van der Waals surface area contributed by atoms with Crippen LogP contribution in [0.25, 0.3) is 0 Å². The van der Waals surface area contributed by atoms with Gasteiger partial charge in [-0.2, -0.15) is 0 Å². The van der Waals surface area contributed by atoms with Crippen LogP contribution in [0.15, 0.2) is 35.4 Å². The standard InChI is InChI=1S/C11H16N2O/c1-13(2,3)12-11(14)9-10-7-5-4-6-8-10/h4-8H,9H2,1-3H3. The molecule has 0 spiro atoms. The molecule has 0 aliphatic heterocycles. The topological polar surface area (TPSA) is 35.4 Å². The zero-order valence-electron chi connectivity index (χ0n) is 8.90. The lowest BCUT2D eigenvalue weighted by Gasteiger charge is -2.20. The second-order valence-electron chi connectivity index (χ2n) is 4.10. The molecule has 0 aliphatic rings. The molecular formula is C11H16N2O. The lowest BCUT2D eigenvalue weighted by atomic mass is 10.1. The van der Waals surface area contributed by atoms with Crippen LogP contribution in [-0.4, -0.2) is 31.6 Å². The van der Waals surface area contributed by atoms with Gasteiger partial charge in [-0.3, -0.25) is 0 Å². The number of rotatable bonds is 3. The van der Waals surface area contributed by atoms with Crippen molar-refractivity contribution in [2.75, 3.05) is 21.1 Å². The maximum Gasteiger partial charge on any atom is 0.0923 e. The summed E-state index contributed by atoms with van der Waals surface area (Å²) in [5, 5.41) is 15.4. The molecule has 0 atom stereocenters. The van der Waals surface area contributed by atoms with Crippen molar-refractivity contribution >= 4 is 5.90 Å². The Morgan fingerprint density at radius 1 is 1.21 bits per heavy atom. The van der Waals surface area contributed by atoms with Crippen LogP contribution < -0.4 is 5.11 Å². The molecule has 14 heavy (non-hydrogen) atoms. The van der Waals surface area contributed by atoms with Crippen LogP contribution in [0.5, 0.6) is 0 Å². The first kappa shape index (κ1) is 10.7. The van der Waals surface area contributed by atoms with E-state index in [0.29, 0.717) is 11.0 Å². The van der Waals surface area contributed by atoms with Gasteiger partial charge in [-0.15, -0.1) is 5.10 Å². The van der Waals surface area contributed by atoms with Crippen molar-refractivity contribution in [2.45, 2.75) is 6.42 Å². The maximum absolute atomic E-state index is 11.4. The first-order chi connectivity index (χ1) is 6.47. The average Bonchev–Trinajstić information content (AvgIpc) is 2.02. The molecule has 0 saturated heterocycles. The van der Waals surface area contributed by atoms with E-state index in [1.54, 1.807) is 0 Å². The van der Waals surface area contributed by atoms with Gasteiger partial charge >= 0.3 is 0 Å². The number of nitrogens with zero attached hydrogens (tertiary/aromatic N) is 2. The van der Waals surface area contributed by atoms with Crippen molar-refractivity contribution in [1.29, 1.82) is 0 Å². The zero-order chi connectivity index (χ0) is 10.6. The van der Waals surface area contributed by atoms with Gasteiger partial charge in [-0.05, 0) is 5.56 Å². The predicted molar refractivity (Wildman–Crippen MR) is 55.6 cm³/mol. The summed E-state index contributed by atoms with van der Waals surface area (Å²) in [5.41, 5.74) is 1.01. The summed E-state index contributed by atoms with van der Waals surface area (Å²) >= 11 is 0. The van der Waals surface area contributed by atoms with Crippen LogP contribution in [0, 0.1) is 0 Å². The molecule has 0 aliphatic carbocycles. The minimum absolute atomic E-state index is 0.0799. The molecule has 0 bridgehead atoms. The van der Waals surface area contributed by atoms with E-state index in [9.17, 15) is 5.11 Å². The summed E-state index contributed by atoms with van der Waals surface area (Å²) in [4.78, 5) is 0. The Morgan fingerprint density at radius 2 is 1.79 bits per heavy atom. The Hall–Kier alpha value is -1.35. The molecule has 1 rings (SSSR count). The van der Waals surface area contributed by atoms with Crippen LogP contribution in [0.4, 0.5) is 0 Å². The third-order valence-corrected chi connectivity index (χ3v) is 1.61. The van der Waals surface area contributed by atoms with Crippen molar-refractivity contribution in [3.8, 4) is 0 Å². The molecule has 0 radical (unpaired) electrons. The van der Waals surface area contributed by atoms with E-state index in [-0.39, 0.29) is 5.90 Å². The highest BCUT2D eigenvalue weighted by atomic mass is 16.3. The quantitative estimate of drug-likeness (QED) is 0.299. The molecule has 1 aromatic carbocycles. The predicted octanol–water partition coefficient (Wildman–Crippen LogP) is 0.609. The van der Waals surface area contributed by atoms with E-state index in [1.165, 1.54) is 0 Å². The minimum Gasteiger partial charge on any atom is -0.858 e. The fourth-order valence-electron chi connectivity index (χ4n) is 1.14. The Bertz CT molecular complexity index is 312. The second-order valence-corrected chi connectivity index (χ2v) is 4.10. The Labute approximate surface area is 84.9 Å². The molecule has 0 N–H and O–H groups in total. The van der Waals surface area contributed by atoms with E-state index in [4.69, 9.17) is 0 Å². The van der Waals surface area contributed by atoms with Gasteiger partial charge in [-0.1, -0.05) is 30.3 Å². The van der Waals surface area contributed by atoms with Gasteiger partial charge in [-0.25, -0.2) is 4.59 Å². The van der Waals surface area contributed by atoms with Crippen molar-refractivity contribution in [2.24, 2.45) is 5.10 Å². The number of hydrogen-bond acceptors (Lipinski definition) is 2. The Morgan fingerprint density at radius 3 is 2.29 bits per heavy atom. The van der Waals surface area contributed by atoms with Crippen LogP contribution in [0.3, 0.4) is 0 Å². The smallest absolute Gasteiger partial charge is 0.0923 e. The molecule has 0 amide bonds. The molecule has 0 unspecified atom stereocenters. The fourth-order valence-corrected chi connectivity index (χ4v) is 1.14. The van der Waals surface area contributed by atoms with Crippen molar-refractivity contribution in [1.82, 2.24) is 0 Å². The van der Waals surface area contributed by atoms with Crippen molar-refractivity contribution < 1.29 is 9.70 Å². The van der Waals surface area contributed by atoms with Gasteiger partial charge in [0, 0.05) is 12.3 Å². The molecule has 1 aromatic rings. The first-order valence-electron chi connectivity index (χ1n) is 4.59. The Balaban J connectivity index is 2.67. The third-order valence-electron chi connectivity index (χ3n) is 1.61. The average molecular weight is 192 g/mol. The van der Waals surface area contributed by atoms with Gasteiger partial charge in [0.25, 0.3) is 0 Å². The van der Waals surface area contributed by atoms with Crippen molar-refractivity contribution in [3.63, 3.8) is 0 Å². The van der Waals surface area contributed by atoms with E-state index < -0.39 is 0 Å². The summed E-state index contributed by atoms with van der Waals surface area (Å²) < 4.78 is 0.325. The van der Waals surface area contributed by atoms with Gasteiger partial charge < -0.3 is 5.11 Å². The van der Waals surface area contributed by atoms with Crippen LogP contribution in [0.2, 0.25) is 0 Å². The van der Waals surface area contributed by atoms with E-state index in [1.807, 2.05) is 51.5 Å². The van der Waals surface area contributed by atoms with Gasteiger partial charge in [0.15, 0.2) is 0 Å². The van der Waals surface area contributed by atoms with E-state index in [2.05, 4.69) is 5.10 Å². The monoisotopic (exact) mass is 192 g/mol. The van der Waals surface area contributed by atoms with Crippen molar-refractivity contribution in [3.05, 3.63) is 35.9 Å². The third kappa shape index (κ3) is 4.05. The highest BCUT2D eigenvalue weighted by molar-refractivity contribution is 5.73. The largest absolute Gasteiger partial charge is 0.858 e. The van der Waals surface area contributed by atoms with Crippen LogP contribution >= 0.6 is 0 Å². The lowest BCUT2D eigenvalue weighted by molar-refractivity contribution is -0.878. The number of benzene rings is 1. The molecule has 3 nitrogen and oxygen atoms in total. The summed E-state index contributed by atoms with van der Waals surface area (Å²) in [7, 11) is 5.59. The van der Waals surface area contributed by atoms with Crippen LogP contribution in [0.1, 0.15) is 5.56 Å². The maximum atomic E-state index is 11.4. The van der Waals surface area contributed by atoms with Gasteiger partial charge in [0.2, 0.25) is 0 Å². The lowest BCUT2D eigenvalue weighted by Crippen LogP contribution is -2.33. The zero-order valence-corrected chi connectivity index (χ0v) is 8.90. The molecular weight excluding hydrogens is 176 g/mol. The number of quaternary nitrogens is 1. The Kier molecular flexibility index (Phi) is 3.25. The molecule has 0 saturated carbocycles. The minimum atomic E-state index is -0.0799. The molecule has 3 heteroatoms. The summed E-state index contributed by atoms with van der Waals surface area (Å²) in [6.07, 6.45) is 0.385. The summed E-state index contributed by atoms with van der Waals surface area (Å²) in [6, 6.07) is 9.65. The summed E-state index contributed by atoms with van der Waals surface area (Å²) in [6.45, 7) is 0. The summed E-state index contributed by atoms with van der Waals surface area (Å²) in [5.74, 6) is -0.0799.